The molecule has 0 fully saturated rings. The van der Waals surface area contributed by atoms with Gasteiger partial charge in [-0.05, 0) is 30.7 Å². The molecule has 0 spiro atoms. The van der Waals surface area contributed by atoms with E-state index < -0.39 is 0 Å². The lowest BCUT2D eigenvalue weighted by atomic mass is 10.1. The van der Waals surface area contributed by atoms with Crippen molar-refractivity contribution in [1.82, 2.24) is 5.32 Å². The number of aliphatic hydroxyl groups excluding tert-OH is 1. The molecule has 2 rings (SSSR count). The smallest absolute Gasteiger partial charge is 0.251 e. The molecule has 0 radical (unpaired) electrons. The third-order valence-electron chi connectivity index (χ3n) is 3.39. The topological polar surface area (TPSA) is 58.6 Å². The zero-order valence-electron chi connectivity index (χ0n) is 13.0. The van der Waals surface area contributed by atoms with Crippen LogP contribution in [0.1, 0.15) is 27.6 Å². The standard InChI is InChI=1S/C18H20ClNO3/c1-13-5-7-14(8-6-13)17(23-10-9-21)12-20-18(22)15-3-2-4-16(19)11-15/h2-8,11,17,21H,9-10,12H2,1H3,(H,20,22)/t17-/m0/s1. The van der Waals surface area contributed by atoms with Gasteiger partial charge in [0.05, 0.1) is 19.3 Å². The Hall–Kier alpha value is -1.88. The number of ether oxygens (including phenoxy) is 1. The number of aliphatic hydroxyl groups is 1. The first kappa shape index (κ1) is 17.5. The van der Waals surface area contributed by atoms with Crippen LogP contribution in [0, 0.1) is 6.92 Å². The van der Waals surface area contributed by atoms with E-state index in [-0.39, 0.29) is 25.2 Å². The maximum atomic E-state index is 12.2. The average Bonchev–Trinajstić information content (AvgIpc) is 2.56. The van der Waals surface area contributed by atoms with Crippen molar-refractivity contribution < 1.29 is 14.6 Å². The van der Waals surface area contributed by atoms with Crippen LogP contribution in [0.4, 0.5) is 0 Å². The van der Waals surface area contributed by atoms with Crippen LogP contribution in [-0.2, 0) is 4.74 Å². The van der Waals surface area contributed by atoms with Gasteiger partial charge in [-0.15, -0.1) is 0 Å². The van der Waals surface area contributed by atoms with Crippen molar-refractivity contribution in [3.8, 4) is 0 Å². The Morgan fingerprint density at radius 1 is 1.26 bits per heavy atom. The molecule has 0 aliphatic heterocycles. The van der Waals surface area contributed by atoms with E-state index in [0.717, 1.165) is 11.1 Å². The van der Waals surface area contributed by atoms with Crippen molar-refractivity contribution in [2.75, 3.05) is 19.8 Å². The second kappa shape index (κ2) is 8.67. The molecule has 1 atom stereocenters. The van der Waals surface area contributed by atoms with Crippen molar-refractivity contribution in [2.24, 2.45) is 0 Å². The van der Waals surface area contributed by atoms with Gasteiger partial charge >= 0.3 is 0 Å². The van der Waals surface area contributed by atoms with E-state index in [0.29, 0.717) is 17.1 Å². The van der Waals surface area contributed by atoms with Gasteiger partial charge < -0.3 is 15.2 Å². The molecule has 2 aromatic carbocycles. The first-order valence-corrected chi connectivity index (χ1v) is 7.80. The summed E-state index contributed by atoms with van der Waals surface area (Å²) in [5.41, 5.74) is 2.61. The maximum absolute atomic E-state index is 12.2. The van der Waals surface area contributed by atoms with E-state index in [1.54, 1.807) is 24.3 Å². The number of carbonyl (C=O) groups is 1. The fourth-order valence-electron chi connectivity index (χ4n) is 2.17. The molecular weight excluding hydrogens is 314 g/mol. The zero-order valence-corrected chi connectivity index (χ0v) is 13.7. The molecule has 0 aromatic heterocycles. The lowest BCUT2D eigenvalue weighted by Crippen LogP contribution is -2.30. The molecule has 0 bridgehead atoms. The Kier molecular flexibility index (Phi) is 6.59. The van der Waals surface area contributed by atoms with Gasteiger partial charge in [-0.25, -0.2) is 0 Å². The first-order chi connectivity index (χ1) is 11.1. The average molecular weight is 334 g/mol. The van der Waals surface area contributed by atoms with Crippen molar-refractivity contribution in [3.05, 3.63) is 70.2 Å². The van der Waals surface area contributed by atoms with E-state index in [9.17, 15) is 4.79 Å². The highest BCUT2D eigenvalue weighted by atomic mass is 35.5. The van der Waals surface area contributed by atoms with Crippen LogP contribution in [0.5, 0.6) is 0 Å². The predicted molar refractivity (Wildman–Crippen MR) is 90.7 cm³/mol. The van der Waals surface area contributed by atoms with Crippen LogP contribution in [0.25, 0.3) is 0 Å². The molecule has 0 aliphatic carbocycles. The molecule has 1 amide bonds. The summed E-state index contributed by atoms with van der Waals surface area (Å²) in [5.74, 6) is -0.211. The van der Waals surface area contributed by atoms with E-state index in [2.05, 4.69) is 5.32 Å². The Balaban J connectivity index is 2.03. The van der Waals surface area contributed by atoms with Gasteiger partial charge in [0.25, 0.3) is 5.91 Å². The molecule has 2 N–H and O–H groups in total. The van der Waals surface area contributed by atoms with Crippen LogP contribution < -0.4 is 5.32 Å². The Morgan fingerprint density at radius 3 is 2.65 bits per heavy atom. The molecule has 0 aliphatic rings. The van der Waals surface area contributed by atoms with Gasteiger partial charge in [0.15, 0.2) is 0 Å². The predicted octanol–water partition coefficient (Wildman–Crippen LogP) is 3.13. The normalized spacial score (nSPS) is 12.0. The summed E-state index contributed by atoms with van der Waals surface area (Å²) in [6, 6.07) is 14.7. The highest BCUT2D eigenvalue weighted by molar-refractivity contribution is 6.30. The number of halogens is 1. The number of carbonyl (C=O) groups excluding carboxylic acids is 1. The molecule has 0 unspecified atom stereocenters. The Bertz CT molecular complexity index is 643. The van der Waals surface area contributed by atoms with Crippen LogP contribution in [0.2, 0.25) is 5.02 Å². The molecule has 0 saturated heterocycles. The van der Waals surface area contributed by atoms with E-state index in [4.69, 9.17) is 21.4 Å². The molecular formula is C18H20ClNO3. The molecule has 4 nitrogen and oxygen atoms in total. The minimum Gasteiger partial charge on any atom is -0.394 e. The number of amides is 1. The summed E-state index contributed by atoms with van der Waals surface area (Å²) in [6.07, 6.45) is -0.314. The Labute approximate surface area is 141 Å². The van der Waals surface area contributed by atoms with E-state index in [1.807, 2.05) is 31.2 Å². The number of benzene rings is 2. The molecule has 122 valence electrons. The fourth-order valence-corrected chi connectivity index (χ4v) is 2.36. The maximum Gasteiger partial charge on any atom is 0.251 e. The van der Waals surface area contributed by atoms with E-state index in [1.165, 1.54) is 0 Å². The minimum atomic E-state index is -0.314. The van der Waals surface area contributed by atoms with Gasteiger partial charge in [-0.2, -0.15) is 0 Å². The number of nitrogens with one attached hydrogen (secondary N) is 1. The van der Waals surface area contributed by atoms with Gasteiger partial charge in [0, 0.05) is 17.1 Å². The number of hydrogen-bond donors (Lipinski definition) is 2. The van der Waals surface area contributed by atoms with Gasteiger partial charge in [-0.3, -0.25) is 4.79 Å². The molecule has 2 aromatic rings. The highest BCUT2D eigenvalue weighted by Gasteiger charge is 2.14. The molecule has 23 heavy (non-hydrogen) atoms. The monoisotopic (exact) mass is 333 g/mol. The van der Waals surface area contributed by atoms with Crippen LogP contribution >= 0.6 is 11.6 Å². The Morgan fingerprint density at radius 2 is 2.00 bits per heavy atom. The van der Waals surface area contributed by atoms with Crippen molar-refractivity contribution in [3.63, 3.8) is 0 Å². The number of hydrogen-bond acceptors (Lipinski definition) is 3. The van der Waals surface area contributed by atoms with E-state index >= 15 is 0 Å². The van der Waals surface area contributed by atoms with Crippen LogP contribution in [0.3, 0.4) is 0 Å². The number of rotatable bonds is 7. The molecule has 5 heteroatoms. The van der Waals surface area contributed by atoms with Crippen LogP contribution in [-0.4, -0.2) is 30.8 Å². The van der Waals surface area contributed by atoms with Crippen molar-refractivity contribution in [1.29, 1.82) is 0 Å². The summed E-state index contributed by atoms with van der Waals surface area (Å²) in [6.45, 7) is 2.47. The zero-order chi connectivity index (χ0) is 16.7. The second-order valence-electron chi connectivity index (χ2n) is 5.21. The lowest BCUT2D eigenvalue weighted by Gasteiger charge is -2.19. The third kappa shape index (κ3) is 5.36. The highest BCUT2D eigenvalue weighted by Crippen LogP contribution is 2.18. The molecule has 0 saturated carbocycles. The lowest BCUT2D eigenvalue weighted by molar-refractivity contribution is 0.0277. The SMILES string of the molecule is Cc1ccc([C@H](CNC(=O)c2cccc(Cl)c2)OCCO)cc1. The minimum absolute atomic E-state index is 0.0649. The quantitative estimate of drug-likeness (QED) is 0.818. The summed E-state index contributed by atoms with van der Waals surface area (Å²) >= 11 is 5.90. The number of aryl methyl sites for hydroxylation is 1. The summed E-state index contributed by atoms with van der Waals surface area (Å²) < 4.78 is 5.64. The largest absolute Gasteiger partial charge is 0.394 e. The summed E-state index contributed by atoms with van der Waals surface area (Å²) in [7, 11) is 0. The summed E-state index contributed by atoms with van der Waals surface area (Å²) in [5, 5.41) is 12.3. The van der Waals surface area contributed by atoms with Crippen molar-refractivity contribution in [2.45, 2.75) is 13.0 Å². The summed E-state index contributed by atoms with van der Waals surface area (Å²) in [4.78, 5) is 12.2. The fraction of sp³-hybridized carbons (Fsp3) is 0.278. The van der Waals surface area contributed by atoms with Gasteiger partial charge in [0.1, 0.15) is 0 Å². The second-order valence-corrected chi connectivity index (χ2v) is 5.65. The third-order valence-corrected chi connectivity index (χ3v) is 3.63. The van der Waals surface area contributed by atoms with Gasteiger partial charge in [0.2, 0.25) is 0 Å². The van der Waals surface area contributed by atoms with Gasteiger partial charge in [-0.1, -0.05) is 47.5 Å². The first-order valence-electron chi connectivity index (χ1n) is 7.43. The molecule has 0 heterocycles. The van der Waals surface area contributed by atoms with Crippen molar-refractivity contribution >= 4 is 17.5 Å². The van der Waals surface area contributed by atoms with Crippen LogP contribution in [0.15, 0.2) is 48.5 Å².